The van der Waals surface area contributed by atoms with E-state index in [0.29, 0.717) is 11.8 Å². The number of carbonyl (C=O) groups excluding carboxylic acids is 1. The summed E-state index contributed by atoms with van der Waals surface area (Å²) in [7, 11) is 0. The van der Waals surface area contributed by atoms with Crippen molar-refractivity contribution >= 4 is 5.91 Å². The molecule has 0 bridgehead atoms. The molecular formula is C19H27N3O. The Morgan fingerprint density at radius 2 is 1.87 bits per heavy atom. The molecule has 1 aromatic rings. The van der Waals surface area contributed by atoms with Crippen molar-refractivity contribution in [1.29, 1.82) is 0 Å². The lowest BCUT2D eigenvalue weighted by molar-refractivity contribution is -0.139. The zero-order valence-corrected chi connectivity index (χ0v) is 13.9. The maximum absolute atomic E-state index is 12.7. The highest BCUT2D eigenvalue weighted by atomic mass is 16.2. The Morgan fingerprint density at radius 3 is 2.61 bits per heavy atom. The predicted octanol–water partition coefficient (Wildman–Crippen LogP) is 3.14. The first-order valence-electron chi connectivity index (χ1n) is 9.30. The van der Waals surface area contributed by atoms with Crippen molar-refractivity contribution in [2.24, 2.45) is 5.92 Å². The maximum Gasteiger partial charge on any atom is 0.226 e. The summed E-state index contributed by atoms with van der Waals surface area (Å²) in [5.41, 5.74) is 2.26. The average molecular weight is 313 g/mol. The summed E-state index contributed by atoms with van der Waals surface area (Å²) in [5, 5.41) is 0. The summed E-state index contributed by atoms with van der Waals surface area (Å²) in [6.45, 7) is 4.26. The zero-order valence-electron chi connectivity index (χ0n) is 13.9. The van der Waals surface area contributed by atoms with Gasteiger partial charge in [-0.1, -0.05) is 12.5 Å². The van der Waals surface area contributed by atoms with Gasteiger partial charge in [-0.05, 0) is 63.7 Å². The van der Waals surface area contributed by atoms with E-state index < -0.39 is 0 Å². The maximum atomic E-state index is 12.7. The Morgan fingerprint density at radius 1 is 1.04 bits per heavy atom. The van der Waals surface area contributed by atoms with Gasteiger partial charge in [-0.2, -0.15) is 0 Å². The highest BCUT2D eigenvalue weighted by molar-refractivity contribution is 5.80. The Kier molecular flexibility index (Phi) is 4.34. The Balaban J connectivity index is 1.48. The van der Waals surface area contributed by atoms with Gasteiger partial charge in [0.15, 0.2) is 0 Å². The van der Waals surface area contributed by atoms with Gasteiger partial charge in [0.05, 0.1) is 17.4 Å². The molecule has 0 spiro atoms. The molecule has 1 aromatic heterocycles. The lowest BCUT2D eigenvalue weighted by atomic mass is 9.84. The van der Waals surface area contributed by atoms with E-state index in [4.69, 9.17) is 4.98 Å². The average Bonchev–Trinajstić information content (AvgIpc) is 3.16. The standard InChI is InChI=1S/C19H27N3O/c23-19(15-6-3-7-15)22-13-5-10-18(22)17-9-4-8-16(20-17)14-21-11-1-2-12-21/h4,8-9,15,18H,1-3,5-7,10-14H2/t18-/m1/s1. The first kappa shape index (κ1) is 15.1. The minimum atomic E-state index is 0.210. The quantitative estimate of drug-likeness (QED) is 0.857. The van der Waals surface area contributed by atoms with Crippen LogP contribution in [0.3, 0.4) is 0 Å². The number of hydrogen-bond donors (Lipinski definition) is 0. The third-order valence-corrected chi connectivity index (χ3v) is 5.74. The normalized spacial score (nSPS) is 25.7. The monoisotopic (exact) mass is 313 g/mol. The third kappa shape index (κ3) is 3.14. The van der Waals surface area contributed by atoms with Gasteiger partial charge in [0.1, 0.15) is 0 Å². The second-order valence-electron chi connectivity index (χ2n) is 7.35. The topological polar surface area (TPSA) is 36.4 Å². The van der Waals surface area contributed by atoms with Crippen LogP contribution in [0, 0.1) is 5.92 Å². The molecule has 23 heavy (non-hydrogen) atoms. The molecule has 2 saturated heterocycles. The van der Waals surface area contributed by atoms with E-state index in [9.17, 15) is 4.79 Å². The van der Waals surface area contributed by atoms with Crippen molar-refractivity contribution in [3.8, 4) is 0 Å². The summed E-state index contributed by atoms with van der Waals surface area (Å²) in [6, 6.07) is 6.58. The highest BCUT2D eigenvalue weighted by Gasteiger charge is 2.36. The van der Waals surface area contributed by atoms with Crippen LogP contribution in [-0.4, -0.2) is 40.3 Å². The van der Waals surface area contributed by atoms with E-state index in [-0.39, 0.29) is 6.04 Å². The predicted molar refractivity (Wildman–Crippen MR) is 89.8 cm³/mol. The SMILES string of the molecule is O=C(C1CCC1)N1CCC[C@@H]1c1cccc(CN2CCCC2)n1. The van der Waals surface area contributed by atoms with Crippen LogP contribution < -0.4 is 0 Å². The summed E-state index contributed by atoms with van der Waals surface area (Å²) in [4.78, 5) is 22.2. The molecule has 124 valence electrons. The lowest BCUT2D eigenvalue weighted by Gasteiger charge is -2.32. The third-order valence-electron chi connectivity index (χ3n) is 5.74. The van der Waals surface area contributed by atoms with E-state index in [0.717, 1.165) is 50.2 Å². The molecule has 0 N–H and O–H groups in total. The molecule has 3 aliphatic rings. The number of rotatable bonds is 4. The van der Waals surface area contributed by atoms with Crippen LogP contribution >= 0.6 is 0 Å². The summed E-state index contributed by atoms with van der Waals surface area (Å²) >= 11 is 0. The number of nitrogens with zero attached hydrogens (tertiary/aromatic N) is 3. The van der Waals surface area contributed by atoms with Crippen LogP contribution in [0.5, 0.6) is 0 Å². The fourth-order valence-corrected chi connectivity index (χ4v) is 4.17. The highest BCUT2D eigenvalue weighted by Crippen LogP contribution is 2.36. The number of hydrogen-bond acceptors (Lipinski definition) is 3. The molecule has 1 saturated carbocycles. The van der Waals surface area contributed by atoms with Crippen LogP contribution in [-0.2, 0) is 11.3 Å². The molecule has 3 heterocycles. The van der Waals surface area contributed by atoms with Crippen LogP contribution in [0.25, 0.3) is 0 Å². The van der Waals surface area contributed by atoms with Gasteiger partial charge >= 0.3 is 0 Å². The second kappa shape index (κ2) is 6.60. The van der Waals surface area contributed by atoms with Crippen molar-refractivity contribution in [3.63, 3.8) is 0 Å². The minimum absolute atomic E-state index is 0.210. The molecule has 1 atom stereocenters. The smallest absolute Gasteiger partial charge is 0.226 e. The van der Waals surface area contributed by atoms with Crippen LogP contribution in [0.1, 0.15) is 62.4 Å². The number of carbonyl (C=O) groups is 1. The fraction of sp³-hybridized carbons (Fsp3) is 0.684. The first-order chi connectivity index (χ1) is 11.3. The molecule has 4 nitrogen and oxygen atoms in total. The number of pyridine rings is 1. The lowest BCUT2D eigenvalue weighted by Crippen LogP contribution is -2.38. The Bertz CT molecular complexity index is 563. The fourth-order valence-electron chi connectivity index (χ4n) is 4.17. The summed E-state index contributed by atoms with van der Waals surface area (Å²) < 4.78 is 0. The molecular weight excluding hydrogens is 286 g/mol. The van der Waals surface area contributed by atoms with E-state index in [1.807, 2.05) is 0 Å². The Labute approximate surface area is 138 Å². The number of likely N-dealkylation sites (tertiary alicyclic amines) is 2. The molecule has 2 aliphatic heterocycles. The van der Waals surface area contributed by atoms with Gasteiger partial charge in [0.2, 0.25) is 5.91 Å². The molecule has 1 amide bonds. The van der Waals surface area contributed by atoms with E-state index in [2.05, 4.69) is 28.0 Å². The zero-order chi connectivity index (χ0) is 15.6. The van der Waals surface area contributed by atoms with Gasteiger partial charge in [0.25, 0.3) is 0 Å². The van der Waals surface area contributed by atoms with Gasteiger partial charge in [-0.3, -0.25) is 14.7 Å². The van der Waals surface area contributed by atoms with Crippen LogP contribution in [0.2, 0.25) is 0 Å². The molecule has 1 aliphatic carbocycles. The molecule has 0 aromatic carbocycles. The van der Waals surface area contributed by atoms with E-state index in [1.54, 1.807) is 0 Å². The van der Waals surface area contributed by atoms with E-state index in [1.165, 1.54) is 32.4 Å². The summed E-state index contributed by atoms with van der Waals surface area (Å²) in [6.07, 6.45) is 8.20. The van der Waals surface area contributed by atoms with Gasteiger partial charge in [0, 0.05) is 19.0 Å². The molecule has 0 radical (unpaired) electrons. The van der Waals surface area contributed by atoms with Gasteiger partial charge in [-0.15, -0.1) is 0 Å². The van der Waals surface area contributed by atoms with Crippen molar-refractivity contribution < 1.29 is 4.79 Å². The van der Waals surface area contributed by atoms with Crippen molar-refractivity contribution in [3.05, 3.63) is 29.6 Å². The minimum Gasteiger partial charge on any atom is -0.334 e. The van der Waals surface area contributed by atoms with E-state index >= 15 is 0 Å². The van der Waals surface area contributed by atoms with Crippen molar-refractivity contribution in [2.75, 3.05) is 19.6 Å². The summed E-state index contributed by atoms with van der Waals surface area (Å²) in [5.74, 6) is 0.675. The van der Waals surface area contributed by atoms with Crippen LogP contribution in [0.15, 0.2) is 18.2 Å². The van der Waals surface area contributed by atoms with Gasteiger partial charge < -0.3 is 4.90 Å². The number of amides is 1. The van der Waals surface area contributed by atoms with Crippen molar-refractivity contribution in [2.45, 2.75) is 57.5 Å². The number of aromatic nitrogens is 1. The Hall–Kier alpha value is -1.42. The first-order valence-corrected chi connectivity index (χ1v) is 9.30. The largest absolute Gasteiger partial charge is 0.334 e. The van der Waals surface area contributed by atoms with Crippen molar-refractivity contribution in [1.82, 2.24) is 14.8 Å². The van der Waals surface area contributed by atoms with Crippen LogP contribution in [0.4, 0.5) is 0 Å². The van der Waals surface area contributed by atoms with Gasteiger partial charge in [-0.25, -0.2) is 0 Å². The second-order valence-corrected chi connectivity index (χ2v) is 7.35. The molecule has 4 rings (SSSR count). The molecule has 0 unspecified atom stereocenters. The molecule has 3 fully saturated rings. The molecule has 4 heteroatoms.